The molecule has 24 heavy (non-hydrogen) atoms. The second-order valence-corrected chi connectivity index (χ2v) is 6.56. The van der Waals surface area contributed by atoms with Crippen molar-refractivity contribution in [2.45, 2.75) is 20.8 Å². The molecule has 122 valence electrons. The van der Waals surface area contributed by atoms with E-state index in [1.807, 2.05) is 43.3 Å². The van der Waals surface area contributed by atoms with E-state index >= 15 is 0 Å². The Morgan fingerprint density at radius 1 is 1.08 bits per heavy atom. The summed E-state index contributed by atoms with van der Waals surface area (Å²) in [5, 5.41) is 9.83. The molecule has 0 bridgehead atoms. The summed E-state index contributed by atoms with van der Waals surface area (Å²) >= 11 is 1.18. The second kappa shape index (κ2) is 6.45. The summed E-state index contributed by atoms with van der Waals surface area (Å²) in [6.07, 6.45) is 0. The van der Waals surface area contributed by atoms with Gasteiger partial charge < -0.3 is 9.84 Å². The van der Waals surface area contributed by atoms with Gasteiger partial charge in [-0.1, -0.05) is 12.1 Å². The lowest BCUT2D eigenvalue weighted by Gasteiger charge is -2.10. The zero-order valence-corrected chi connectivity index (χ0v) is 14.5. The van der Waals surface area contributed by atoms with Gasteiger partial charge in [0.15, 0.2) is 0 Å². The zero-order chi connectivity index (χ0) is 17.3. The predicted molar refractivity (Wildman–Crippen MR) is 95.2 cm³/mol. The highest BCUT2D eigenvalue weighted by Gasteiger charge is 2.15. The Morgan fingerprint density at radius 3 is 2.42 bits per heavy atom. The number of carboxylic acid groups (broad SMARTS) is 1. The van der Waals surface area contributed by atoms with E-state index in [1.54, 1.807) is 6.92 Å². The minimum Gasteiger partial charge on any atom is -0.477 e. The summed E-state index contributed by atoms with van der Waals surface area (Å²) in [6.45, 7) is 5.79. The highest BCUT2D eigenvalue weighted by Crippen LogP contribution is 2.31. The number of hydrogen-bond donors (Lipinski definition) is 1. The number of aromatic carboxylic acids is 1. The molecule has 1 aromatic heterocycles. The fourth-order valence-electron chi connectivity index (χ4n) is 2.35. The highest BCUT2D eigenvalue weighted by atomic mass is 32.1. The van der Waals surface area contributed by atoms with Crippen LogP contribution in [0.15, 0.2) is 42.5 Å². The van der Waals surface area contributed by atoms with Crippen molar-refractivity contribution < 1.29 is 14.6 Å². The Balaban J connectivity index is 1.84. The van der Waals surface area contributed by atoms with E-state index in [0.29, 0.717) is 10.7 Å². The standard InChI is InChI=1S/C19H17NO3S/c1-11-5-4-6-16(12(11)2)23-15-9-7-14(8-10-15)18-20-13(3)17(24-18)19(21)22/h4-10H,1-3H3,(H,21,22). The van der Waals surface area contributed by atoms with E-state index < -0.39 is 5.97 Å². The molecule has 3 aromatic rings. The van der Waals surface area contributed by atoms with Crippen molar-refractivity contribution in [1.82, 2.24) is 4.98 Å². The third kappa shape index (κ3) is 3.16. The van der Waals surface area contributed by atoms with Crippen molar-refractivity contribution in [2.75, 3.05) is 0 Å². The van der Waals surface area contributed by atoms with Crippen molar-refractivity contribution in [1.29, 1.82) is 0 Å². The maximum absolute atomic E-state index is 11.1. The molecule has 0 aliphatic carbocycles. The van der Waals surface area contributed by atoms with Crippen LogP contribution in [0.5, 0.6) is 11.5 Å². The van der Waals surface area contributed by atoms with Crippen LogP contribution in [0.3, 0.4) is 0 Å². The molecule has 3 rings (SSSR count). The van der Waals surface area contributed by atoms with Gasteiger partial charge in [0.25, 0.3) is 0 Å². The van der Waals surface area contributed by atoms with Crippen LogP contribution in [0.1, 0.15) is 26.5 Å². The van der Waals surface area contributed by atoms with Gasteiger partial charge in [0, 0.05) is 5.56 Å². The lowest BCUT2D eigenvalue weighted by Crippen LogP contribution is -1.94. The average Bonchev–Trinajstić information content (AvgIpc) is 2.95. The van der Waals surface area contributed by atoms with Gasteiger partial charge >= 0.3 is 5.97 Å². The molecule has 0 radical (unpaired) electrons. The van der Waals surface area contributed by atoms with Crippen LogP contribution >= 0.6 is 11.3 Å². The molecule has 1 heterocycles. The molecule has 1 N–H and O–H groups in total. The summed E-state index contributed by atoms with van der Waals surface area (Å²) in [7, 11) is 0. The summed E-state index contributed by atoms with van der Waals surface area (Å²) in [4.78, 5) is 15.8. The summed E-state index contributed by atoms with van der Waals surface area (Å²) in [5.74, 6) is 0.631. The van der Waals surface area contributed by atoms with E-state index in [0.717, 1.165) is 22.6 Å². The number of benzene rings is 2. The summed E-state index contributed by atoms with van der Waals surface area (Å²) < 4.78 is 5.94. The SMILES string of the molecule is Cc1cccc(Oc2ccc(-c3nc(C)c(C(=O)O)s3)cc2)c1C. The lowest BCUT2D eigenvalue weighted by atomic mass is 10.1. The first-order valence-electron chi connectivity index (χ1n) is 7.51. The fraction of sp³-hybridized carbons (Fsp3) is 0.158. The number of carbonyl (C=O) groups is 1. The van der Waals surface area contributed by atoms with Gasteiger partial charge in [-0.2, -0.15) is 0 Å². The van der Waals surface area contributed by atoms with Crippen LogP contribution in [-0.4, -0.2) is 16.1 Å². The van der Waals surface area contributed by atoms with Gasteiger partial charge in [0.2, 0.25) is 0 Å². The molecule has 0 saturated carbocycles. The van der Waals surface area contributed by atoms with Crippen LogP contribution in [0.25, 0.3) is 10.6 Å². The second-order valence-electron chi connectivity index (χ2n) is 5.56. The third-order valence-electron chi connectivity index (χ3n) is 3.87. The number of nitrogens with zero attached hydrogens (tertiary/aromatic N) is 1. The molecule has 0 spiro atoms. The Morgan fingerprint density at radius 2 is 1.79 bits per heavy atom. The number of hydrogen-bond acceptors (Lipinski definition) is 4. The van der Waals surface area contributed by atoms with Crippen molar-refractivity contribution in [3.63, 3.8) is 0 Å². The van der Waals surface area contributed by atoms with Gasteiger partial charge in [-0.15, -0.1) is 11.3 Å². The Labute approximate surface area is 144 Å². The largest absolute Gasteiger partial charge is 0.477 e. The fourth-order valence-corrected chi connectivity index (χ4v) is 3.26. The minimum absolute atomic E-state index is 0.278. The van der Waals surface area contributed by atoms with Crippen molar-refractivity contribution in [2.24, 2.45) is 0 Å². The quantitative estimate of drug-likeness (QED) is 0.707. The van der Waals surface area contributed by atoms with Gasteiger partial charge in [-0.25, -0.2) is 9.78 Å². The van der Waals surface area contributed by atoms with E-state index in [-0.39, 0.29) is 4.88 Å². The number of aryl methyl sites for hydroxylation is 2. The van der Waals surface area contributed by atoms with Gasteiger partial charge in [0.1, 0.15) is 21.4 Å². The van der Waals surface area contributed by atoms with Gasteiger partial charge in [-0.3, -0.25) is 0 Å². The molecule has 0 fully saturated rings. The van der Waals surface area contributed by atoms with E-state index in [4.69, 9.17) is 9.84 Å². The number of ether oxygens (including phenoxy) is 1. The average molecular weight is 339 g/mol. The van der Waals surface area contributed by atoms with Gasteiger partial charge in [-0.05, 0) is 62.2 Å². The topological polar surface area (TPSA) is 59.4 Å². The lowest BCUT2D eigenvalue weighted by molar-refractivity contribution is 0.0701. The van der Waals surface area contributed by atoms with Crippen LogP contribution in [0, 0.1) is 20.8 Å². The Hall–Kier alpha value is -2.66. The van der Waals surface area contributed by atoms with Crippen LogP contribution < -0.4 is 4.74 Å². The highest BCUT2D eigenvalue weighted by molar-refractivity contribution is 7.17. The summed E-state index contributed by atoms with van der Waals surface area (Å²) in [5.41, 5.74) is 3.72. The van der Waals surface area contributed by atoms with E-state index in [2.05, 4.69) is 18.0 Å². The van der Waals surface area contributed by atoms with Crippen molar-refractivity contribution >= 4 is 17.3 Å². The van der Waals surface area contributed by atoms with Crippen molar-refractivity contribution in [3.05, 3.63) is 64.2 Å². The first kappa shape index (κ1) is 16.2. The molecule has 5 heteroatoms. The molecule has 0 aliphatic rings. The van der Waals surface area contributed by atoms with E-state index in [1.165, 1.54) is 16.9 Å². The molecule has 2 aromatic carbocycles. The van der Waals surface area contributed by atoms with Crippen LogP contribution in [0.2, 0.25) is 0 Å². The maximum Gasteiger partial charge on any atom is 0.347 e. The van der Waals surface area contributed by atoms with Crippen molar-refractivity contribution in [3.8, 4) is 22.1 Å². The van der Waals surface area contributed by atoms with Crippen LogP contribution in [-0.2, 0) is 0 Å². The maximum atomic E-state index is 11.1. The molecule has 0 atom stereocenters. The smallest absolute Gasteiger partial charge is 0.347 e. The monoisotopic (exact) mass is 339 g/mol. The molecule has 4 nitrogen and oxygen atoms in total. The number of thiazole rings is 1. The number of carboxylic acids is 1. The number of rotatable bonds is 4. The predicted octanol–water partition coefficient (Wildman–Crippen LogP) is 5.23. The molecule has 0 unspecified atom stereocenters. The minimum atomic E-state index is -0.939. The zero-order valence-electron chi connectivity index (χ0n) is 13.7. The normalized spacial score (nSPS) is 10.6. The molecule has 0 saturated heterocycles. The molecular formula is C19H17NO3S. The van der Waals surface area contributed by atoms with Crippen LogP contribution in [0.4, 0.5) is 0 Å². The number of aromatic nitrogens is 1. The van der Waals surface area contributed by atoms with Gasteiger partial charge in [0.05, 0.1) is 5.69 Å². The first-order chi connectivity index (χ1) is 11.5. The molecular weight excluding hydrogens is 322 g/mol. The first-order valence-corrected chi connectivity index (χ1v) is 8.32. The third-order valence-corrected chi connectivity index (χ3v) is 5.07. The molecule has 0 amide bonds. The summed E-state index contributed by atoms with van der Waals surface area (Å²) in [6, 6.07) is 13.5. The molecule has 0 aliphatic heterocycles. The van der Waals surface area contributed by atoms with E-state index in [9.17, 15) is 4.79 Å². The Kier molecular flexibility index (Phi) is 4.36. The Bertz CT molecular complexity index is 897.